The van der Waals surface area contributed by atoms with Gasteiger partial charge in [0.1, 0.15) is 11.9 Å². The summed E-state index contributed by atoms with van der Waals surface area (Å²) in [4.78, 5) is 8.65. The summed E-state index contributed by atoms with van der Waals surface area (Å²) < 4.78 is 6.05. The fourth-order valence-corrected chi connectivity index (χ4v) is 2.90. The van der Waals surface area contributed by atoms with Gasteiger partial charge < -0.3 is 4.74 Å². The van der Waals surface area contributed by atoms with Crippen molar-refractivity contribution in [3.05, 3.63) is 72.2 Å². The van der Waals surface area contributed by atoms with E-state index in [0.717, 1.165) is 29.9 Å². The zero-order valence-electron chi connectivity index (χ0n) is 14.8. The van der Waals surface area contributed by atoms with Crippen molar-refractivity contribution in [2.24, 2.45) is 15.9 Å². The maximum atomic E-state index is 6.05. The van der Waals surface area contributed by atoms with Crippen LogP contribution in [0.5, 0.6) is 0 Å². The average Bonchev–Trinajstić information content (AvgIpc) is 3.00. The normalized spacial score (nSPS) is 24.1. The molecule has 126 valence electrons. The van der Waals surface area contributed by atoms with E-state index >= 15 is 0 Å². The van der Waals surface area contributed by atoms with Gasteiger partial charge in [0, 0.05) is 31.0 Å². The Balaban J connectivity index is 2.30. The molecule has 3 heteroatoms. The van der Waals surface area contributed by atoms with Gasteiger partial charge in [0.05, 0.1) is 5.71 Å². The molecule has 1 aliphatic heterocycles. The highest BCUT2D eigenvalue weighted by atomic mass is 16.5. The third kappa shape index (κ3) is 4.31. The Kier molecular flexibility index (Phi) is 6.74. The van der Waals surface area contributed by atoms with Gasteiger partial charge in [0.25, 0.3) is 0 Å². The molecule has 2 unspecified atom stereocenters. The predicted octanol–water partition coefficient (Wildman–Crippen LogP) is 4.97. The highest BCUT2D eigenvalue weighted by Crippen LogP contribution is 2.30. The molecule has 2 aliphatic rings. The van der Waals surface area contributed by atoms with Crippen molar-refractivity contribution in [1.29, 1.82) is 0 Å². The summed E-state index contributed by atoms with van der Waals surface area (Å²) in [5, 5.41) is 0. The van der Waals surface area contributed by atoms with Gasteiger partial charge >= 0.3 is 0 Å². The van der Waals surface area contributed by atoms with Crippen molar-refractivity contribution in [3.63, 3.8) is 0 Å². The minimum Gasteiger partial charge on any atom is -0.486 e. The van der Waals surface area contributed by atoms with Crippen LogP contribution in [0.25, 0.3) is 0 Å². The maximum Gasteiger partial charge on any atom is 0.127 e. The van der Waals surface area contributed by atoms with Gasteiger partial charge in [-0.05, 0) is 37.1 Å². The number of aliphatic imine (C=N–C) groups is 2. The molecule has 2 rings (SSSR count). The first-order valence-electron chi connectivity index (χ1n) is 8.45. The molecule has 0 bridgehead atoms. The molecule has 0 N–H and O–H groups in total. The average molecular weight is 322 g/mol. The second-order valence-corrected chi connectivity index (χ2v) is 5.70. The molecule has 1 aliphatic carbocycles. The molecule has 3 nitrogen and oxygen atoms in total. The van der Waals surface area contributed by atoms with E-state index in [1.165, 1.54) is 11.8 Å². The number of nitrogens with zero attached hydrogens (tertiary/aromatic N) is 2. The standard InChI is InChI=1S/C21H26N2O/c1-5-10-18(21(22-4)16(6-2)15-23-7-3)14-19-13-17-11-8-9-12-20(17)24-19/h6-9,11-15,17,20H,3,5,10H2,1-2,4H3/b16-6+,18-14+,22-21?,23-15?. The lowest BCUT2D eigenvalue weighted by Crippen LogP contribution is -2.13. The molecule has 24 heavy (non-hydrogen) atoms. The van der Waals surface area contributed by atoms with E-state index in [9.17, 15) is 0 Å². The van der Waals surface area contributed by atoms with E-state index in [1.807, 2.05) is 26.1 Å². The minimum absolute atomic E-state index is 0.120. The molecule has 0 aromatic rings. The summed E-state index contributed by atoms with van der Waals surface area (Å²) in [7, 11) is 1.82. The van der Waals surface area contributed by atoms with E-state index in [-0.39, 0.29) is 6.10 Å². The van der Waals surface area contributed by atoms with Crippen LogP contribution in [0.2, 0.25) is 0 Å². The van der Waals surface area contributed by atoms with Crippen molar-refractivity contribution >= 4 is 11.9 Å². The molecule has 0 radical (unpaired) electrons. The van der Waals surface area contributed by atoms with Crippen molar-refractivity contribution in [2.75, 3.05) is 7.05 Å². The molecular formula is C21H26N2O. The maximum absolute atomic E-state index is 6.05. The molecule has 0 saturated carbocycles. The summed E-state index contributed by atoms with van der Waals surface area (Å²) in [5.41, 5.74) is 3.12. The predicted molar refractivity (Wildman–Crippen MR) is 104 cm³/mol. The summed E-state index contributed by atoms with van der Waals surface area (Å²) in [6.45, 7) is 7.80. The Morgan fingerprint density at radius 1 is 1.33 bits per heavy atom. The number of ether oxygens (including phenoxy) is 1. The second kappa shape index (κ2) is 9.02. The molecule has 0 saturated heterocycles. The summed E-state index contributed by atoms with van der Waals surface area (Å²) in [5.74, 6) is 1.25. The van der Waals surface area contributed by atoms with Crippen LogP contribution in [0.15, 0.2) is 82.2 Å². The third-order valence-electron chi connectivity index (χ3n) is 4.02. The topological polar surface area (TPSA) is 34.0 Å². The minimum atomic E-state index is 0.120. The lowest BCUT2D eigenvalue weighted by atomic mass is 9.97. The fourth-order valence-electron chi connectivity index (χ4n) is 2.90. The summed E-state index contributed by atoms with van der Waals surface area (Å²) in [6.07, 6.45) is 20.1. The van der Waals surface area contributed by atoms with Gasteiger partial charge in [0.2, 0.25) is 0 Å². The first kappa shape index (κ1) is 17.9. The fraction of sp³-hybridized carbons (Fsp3) is 0.333. The Morgan fingerprint density at radius 2 is 2.12 bits per heavy atom. The number of fused-ring (bicyclic) bond motifs is 1. The van der Waals surface area contributed by atoms with Crippen molar-refractivity contribution in [2.45, 2.75) is 32.8 Å². The first-order valence-corrected chi connectivity index (χ1v) is 8.45. The molecule has 0 aromatic heterocycles. The molecule has 0 aromatic carbocycles. The third-order valence-corrected chi connectivity index (χ3v) is 4.02. The second-order valence-electron chi connectivity index (χ2n) is 5.70. The summed E-state index contributed by atoms with van der Waals surface area (Å²) in [6, 6.07) is 0. The first-order chi connectivity index (χ1) is 11.7. The van der Waals surface area contributed by atoms with Crippen molar-refractivity contribution in [3.8, 4) is 0 Å². The van der Waals surface area contributed by atoms with Crippen LogP contribution in [-0.2, 0) is 4.74 Å². The summed E-state index contributed by atoms with van der Waals surface area (Å²) >= 11 is 0. The molecule has 1 heterocycles. The Labute approximate surface area is 145 Å². The van der Waals surface area contributed by atoms with Crippen LogP contribution >= 0.6 is 0 Å². The highest BCUT2D eigenvalue weighted by molar-refractivity contribution is 6.24. The van der Waals surface area contributed by atoms with Gasteiger partial charge in [0.15, 0.2) is 0 Å². The van der Waals surface area contributed by atoms with E-state index in [2.05, 4.69) is 53.9 Å². The Bertz CT molecular complexity index is 672. The van der Waals surface area contributed by atoms with E-state index in [1.54, 1.807) is 6.21 Å². The van der Waals surface area contributed by atoms with Crippen LogP contribution in [-0.4, -0.2) is 25.1 Å². The molecule has 2 atom stereocenters. The Hall–Kier alpha value is -2.42. The molecule has 0 amide bonds. The van der Waals surface area contributed by atoms with Crippen molar-refractivity contribution in [1.82, 2.24) is 0 Å². The van der Waals surface area contributed by atoms with Gasteiger partial charge in [-0.25, -0.2) is 0 Å². The van der Waals surface area contributed by atoms with Gasteiger partial charge in [-0.2, -0.15) is 0 Å². The zero-order valence-corrected chi connectivity index (χ0v) is 14.8. The SMILES string of the molecule is C=CN=C/C(=C\C)C(=NC)/C(=C/C1=CC2C=CC=CC2O1)CCC. The van der Waals surface area contributed by atoms with Gasteiger partial charge in [-0.15, -0.1) is 0 Å². The van der Waals surface area contributed by atoms with Crippen molar-refractivity contribution < 1.29 is 4.74 Å². The lowest BCUT2D eigenvalue weighted by Gasteiger charge is -2.15. The monoisotopic (exact) mass is 322 g/mol. The van der Waals surface area contributed by atoms with E-state index in [0.29, 0.717) is 5.92 Å². The van der Waals surface area contributed by atoms with E-state index in [4.69, 9.17) is 4.74 Å². The number of rotatable bonds is 7. The molecule has 0 spiro atoms. The number of hydrogen-bond donors (Lipinski definition) is 0. The number of allylic oxidation sites excluding steroid dienone is 6. The highest BCUT2D eigenvalue weighted by Gasteiger charge is 2.26. The van der Waals surface area contributed by atoms with Crippen LogP contribution in [0, 0.1) is 5.92 Å². The lowest BCUT2D eigenvalue weighted by molar-refractivity contribution is 0.173. The Morgan fingerprint density at radius 3 is 2.75 bits per heavy atom. The van der Waals surface area contributed by atoms with Gasteiger partial charge in [-0.3, -0.25) is 9.98 Å². The largest absolute Gasteiger partial charge is 0.486 e. The van der Waals surface area contributed by atoms with E-state index < -0.39 is 0 Å². The molecular weight excluding hydrogens is 296 g/mol. The quantitative estimate of drug-likeness (QED) is 0.609. The van der Waals surface area contributed by atoms with Crippen LogP contribution in [0.3, 0.4) is 0 Å². The smallest absolute Gasteiger partial charge is 0.127 e. The van der Waals surface area contributed by atoms with Crippen LogP contribution in [0.4, 0.5) is 0 Å². The number of hydrogen-bond acceptors (Lipinski definition) is 3. The van der Waals surface area contributed by atoms with Crippen LogP contribution < -0.4 is 0 Å². The van der Waals surface area contributed by atoms with Crippen LogP contribution in [0.1, 0.15) is 26.7 Å². The zero-order chi connectivity index (χ0) is 17.4. The molecule has 0 fully saturated rings. The van der Waals surface area contributed by atoms with Gasteiger partial charge in [-0.1, -0.05) is 44.2 Å².